The molecule has 0 fully saturated rings. The summed E-state index contributed by atoms with van der Waals surface area (Å²) < 4.78 is 19.3. The van der Waals surface area contributed by atoms with Gasteiger partial charge in [0.25, 0.3) is 0 Å². The SMILES string of the molecule is Cc1ccc([C@]2(c3ccc(F)cc3)OC(=O)c3ccccc32)c(O)c1. The fourth-order valence-corrected chi connectivity index (χ4v) is 3.41. The minimum Gasteiger partial charge on any atom is -0.507 e. The number of halogens is 1. The summed E-state index contributed by atoms with van der Waals surface area (Å²) in [5, 5.41) is 10.6. The lowest BCUT2D eigenvalue weighted by atomic mass is 9.79. The van der Waals surface area contributed by atoms with Crippen molar-refractivity contribution in [2.45, 2.75) is 12.5 Å². The highest BCUT2D eigenvalue weighted by atomic mass is 19.1. The quantitative estimate of drug-likeness (QED) is 0.711. The number of aromatic hydroxyl groups is 1. The van der Waals surface area contributed by atoms with Gasteiger partial charge in [-0.1, -0.05) is 42.5 Å². The van der Waals surface area contributed by atoms with Gasteiger partial charge in [0.05, 0.1) is 5.56 Å². The number of phenolic OH excluding ortho intramolecular Hbond substituents is 1. The third kappa shape index (κ3) is 2.22. The fraction of sp³-hybridized carbons (Fsp3) is 0.0952. The third-order valence-electron chi connectivity index (χ3n) is 4.56. The van der Waals surface area contributed by atoms with Crippen LogP contribution in [0.3, 0.4) is 0 Å². The van der Waals surface area contributed by atoms with Crippen molar-refractivity contribution in [3.63, 3.8) is 0 Å². The summed E-state index contributed by atoms with van der Waals surface area (Å²) in [6.45, 7) is 1.86. The molecule has 1 aliphatic heterocycles. The Kier molecular flexibility index (Phi) is 3.35. The van der Waals surface area contributed by atoms with Crippen molar-refractivity contribution in [1.29, 1.82) is 0 Å². The molecule has 4 rings (SSSR count). The summed E-state index contributed by atoms with van der Waals surface area (Å²) in [4.78, 5) is 12.5. The van der Waals surface area contributed by atoms with E-state index in [1.165, 1.54) is 12.1 Å². The highest BCUT2D eigenvalue weighted by Gasteiger charge is 2.49. The molecule has 1 aliphatic rings. The zero-order valence-electron chi connectivity index (χ0n) is 13.5. The van der Waals surface area contributed by atoms with Gasteiger partial charge in [-0.3, -0.25) is 0 Å². The molecule has 4 heteroatoms. The molecule has 1 N–H and O–H groups in total. The molecule has 124 valence electrons. The van der Waals surface area contributed by atoms with Crippen LogP contribution in [0.5, 0.6) is 5.75 Å². The predicted octanol–water partition coefficient (Wildman–Crippen LogP) is 4.30. The molecule has 1 heterocycles. The average molecular weight is 334 g/mol. The second kappa shape index (κ2) is 5.45. The van der Waals surface area contributed by atoms with Gasteiger partial charge in [0.15, 0.2) is 5.60 Å². The van der Waals surface area contributed by atoms with Crippen LogP contribution in [-0.2, 0) is 10.3 Å². The maximum Gasteiger partial charge on any atom is 0.340 e. The maximum absolute atomic E-state index is 13.4. The first kappa shape index (κ1) is 15.4. The van der Waals surface area contributed by atoms with Crippen molar-refractivity contribution >= 4 is 5.97 Å². The van der Waals surface area contributed by atoms with Crippen molar-refractivity contribution in [2.24, 2.45) is 0 Å². The van der Waals surface area contributed by atoms with Crippen LogP contribution >= 0.6 is 0 Å². The van der Waals surface area contributed by atoms with Crippen LogP contribution in [0.2, 0.25) is 0 Å². The normalized spacial score (nSPS) is 18.7. The Morgan fingerprint density at radius 1 is 0.960 bits per heavy atom. The monoisotopic (exact) mass is 334 g/mol. The van der Waals surface area contributed by atoms with E-state index in [1.54, 1.807) is 42.5 Å². The summed E-state index contributed by atoms with van der Waals surface area (Å²) in [7, 11) is 0. The molecular weight excluding hydrogens is 319 g/mol. The van der Waals surface area contributed by atoms with Crippen LogP contribution in [0, 0.1) is 12.7 Å². The minimum atomic E-state index is -1.31. The number of hydrogen-bond donors (Lipinski definition) is 1. The predicted molar refractivity (Wildman–Crippen MR) is 91.0 cm³/mol. The van der Waals surface area contributed by atoms with E-state index in [1.807, 2.05) is 19.1 Å². The van der Waals surface area contributed by atoms with Gasteiger partial charge in [-0.2, -0.15) is 0 Å². The van der Waals surface area contributed by atoms with Crippen LogP contribution in [0.1, 0.15) is 32.6 Å². The molecule has 0 bridgehead atoms. The minimum absolute atomic E-state index is 0.0221. The van der Waals surface area contributed by atoms with Gasteiger partial charge in [-0.05, 0) is 36.8 Å². The second-order valence-electron chi connectivity index (χ2n) is 6.14. The molecule has 0 radical (unpaired) electrons. The molecule has 3 aromatic carbocycles. The van der Waals surface area contributed by atoms with Crippen molar-refractivity contribution in [1.82, 2.24) is 0 Å². The number of rotatable bonds is 2. The first-order chi connectivity index (χ1) is 12.0. The van der Waals surface area contributed by atoms with Crippen LogP contribution in [0.4, 0.5) is 4.39 Å². The zero-order chi connectivity index (χ0) is 17.6. The third-order valence-corrected chi connectivity index (χ3v) is 4.56. The number of benzene rings is 3. The van der Waals surface area contributed by atoms with Crippen LogP contribution in [-0.4, -0.2) is 11.1 Å². The van der Waals surface area contributed by atoms with Gasteiger partial charge in [0.2, 0.25) is 0 Å². The fourth-order valence-electron chi connectivity index (χ4n) is 3.41. The molecule has 1 atom stereocenters. The first-order valence-corrected chi connectivity index (χ1v) is 7.91. The van der Waals surface area contributed by atoms with E-state index >= 15 is 0 Å². The van der Waals surface area contributed by atoms with Crippen molar-refractivity contribution in [2.75, 3.05) is 0 Å². The molecule has 0 aliphatic carbocycles. The smallest absolute Gasteiger partial charge is 0.340 e. The number of phenols is 1. The van der Waals surface area contributed by atoms with Gasteiger partial charge in [-0.25, -0.2) is 9.18 Å². The molecule has 3 aromatic rings. The topological polar surface area (TPSA) is 46.5 Å². The van der Waals surface area contributed by atoms with Crippen LogP contribution in [0.25, 0.3) is 0 Å². The van der Waals surface area contributed by atoms with Crippen molar-refractivity contribution < 1.29 is 19.0 Å². The number of esters is 1. The lowest BCUT2D eigenvalue weighted by molar-refractivity contribution is 0.0245. The van der Waals surface area contributed by atoms with Crippen LogP contribution in [0.15, 0.2) is 66.7 Å². The summed E-state index contributed by atoms with van der Waals surface area (Å²) in [6, 6.07) is 18.0. The first-order valence-electron chi connectivity index (χ1n) is 7.91. The van der Waals surface area contributed by atoms with Gasteiger partial charge in [-0.15, -0.1) is 0 Å². The molecule has 0 saturated heterocycles. The second-order valence-corrected chi connectivity index (χ2v) is 6.14. The van der Waals surface area contributed by atoms with E-state index in [2.05, 4.69) is 0 Å². The summed E-state index contributed by atoms with van der Waals surface area (Å²) in [5.41, 5.74) is 1.67. The summed E-state index contributed by atoms with van der Waals surface area (Å²) in [5.74, 6) is -0.835. The summed E-state index contributed by atoms with van der Waals surface area (Å²) in [6.07, 6.45) is 0. The van der Waals surface area contributed by atoms with Crippen LogP contribution < -0.4 is 0 Å². The Balaban J connectivity index is 2.07. The van der Waals surface area contributed by atoms with E-state index in [9.17, 15) is 14.3 Å². The van der Waals surface area contributed by atoms with Gasteiger partial charge in [0.1, 0.15) is 11.6 Å². The summed E-state index contributed by atoms with van der Waals surface area (Å²) >= 11 is 0. The number of cyclic esters (lactones) is 1. The average Bonchev–Trinajstić information content (AvgIpc) is 2.90. The maximum atomic E-state index is 13.4. The molecule has 3 nitrogen and oxygen atoms in total. The molecule has 0 spiro atoms. The molecule has 25 heavy (non-hydrogen) atoms. The largest absolute Gasteiger partial charge is 0.507 e. The number of carbonyl (C=O) groups excluding carboxylic acids is 1. The van der Waals surface area contributed by atoms with E-state index in [0.717, 1.165) is 5.56 Å². The number of aryl methyl sites for hydroxylation is 1. The van der Waals surface area contributed by atoms with Gasteiger partial charge in [0, 0.05) is 16.7 Å². The highest BCUT2D eigenvalue weighted by Crippen LogP contribution is 2.49. The zero-order valence-corrected chi connectivity index (χ0v) is 13.5. The van der Waals surface area contributed by atoms with E-state index < -0.39 is 11.6 Å². The molecular formula is C21H15FO3. The van der Waals surface area contributed by atoms with Gasteiger partial charge < -0.3 is 9.84 Å². The van der Waals surface area contributed by atoms with Crippen molar-refractivity contribution in [3.05, 3.63) is 100 Å². The Labute approximate surface area is 144 Å². The lowest BCUT2D eigenvalue weighted by Crippen LogP contribution is -2.29. The molecule has 0 saturated carbocycles. The number of carbonyl (C=O) groups is 1. The highest BCUT2D eigenvalue weighted by molar-refractivity contribution is 5.96. The number of ether oxygens (including phenoxy) is 1. The Morgan fingerprint density at radius 2 is 1.68 bits per heavy atom. The van der Waals surface area contributed by atoms with E-state index in [4.69, 9.17) is 4.74 Å². The van der Waals surface area contributed by atoms with E-state index in [-0.39, 0.29) is 11.6 Å². The Morgan fingerprint density at radius 3 is 2.40 bits per heavy atom. The van der Waals surface area contributed by atoms with Crippen molar-refractivity contribution in [3.8, 4) is 5.75 Å². The Hall–Kier alpha value is -3.14. The molecule has 0 aromatic heterocycles. The molecule has 0 amide bonds. The lowest BCUT2D eigenvalue weighted by Gasteiger charge is -2.30. The Bertz CT molecular complexity index is 979. The number of hydrogen-bond acceptors (Lipinski definition) is 3. The molecule has 0 unspecified atom stereocenters. The standard InChI is InChI=1S/C21H15FO3/c1-13-6-11-18(19(23)12-13)21(14-7-9-15(22)10-8-14)17-5-3-2-4-16(17)20(24)25-21/h2-12,23H,1H3/t21-/m1/s1. The number of fused-ring (bicyclic) bond motifs is 1. The van der Waals surface area contributed by atoms with E-state index in [0.29, 0.717) is 22.3 Å². The van der Waals surface area contributed by atoms with Gasteiger partial charge >= 0.3 is 5.97 Å².